The van der Waals surface area contributed by atoms with E-state index in [1.54, 1.807) is 36.6 Å². The number of hydrogen-bond donors (Lipinski definition) is 1. The number of amides is 1. The number of hydrogen-bond acceptors (Lipinski definition) is 4. The van der Waals surface area contributed by atoms with Crippen LogP contribution in [-0.2, 0) is 10.0 Å². The number of carbonyl (C=O) groups is 1. The highest BCUT2D eigenvalue weighted by atomic mass is 32.2. The van der Waals surface area contributed by atoms with E-state index in [1.807, 2.05) is 0 Å². The lowest BCUT2D eigenvalue weighted by Crippen LogP contribution is -2.42. The van der Waals surface area contributed by atoms with Gasteiger partial charge < -0.3 is 10.2 Å². The zero-order chi connectivity index (χ0) is 16.6. The highest BCUT2D eigenvalue weighted by Gasteiger charge is 2.43. The van der Waals surface area contributed by atoms with Gasteiger partial charge in [-0.1, -0.05) is 6.07 Å². The SMILES string of the molecule is CN(C)C(=O)c1cccc(S(=O)(=O)N2C3CCNCC2CC3)c1. The number of sulfonamides is 1. The van der Waals surface area contributed by atoms with Crippen LogP contribution in [0.25, 0.3) is 0 Å². The maximum Gasteiger partial charge on any atom is 0.253 e. The van der Waals surface area contributed by atoms with E-state index in [4.69, 9.17) is 0 Å². The van der Waals surface area contributed by atoms with Crippen molar-refractivity contribution in [3.05, 3.63) is 29.8 Å². The average molecular weight is 337 g/mol. The molecule has 1 aromatic carbocycles. The lowest BCUT2D eigenvalue weighted by atomic mass is 10.1. The summed E-state index contributed by atoms with van der Waals surface area (Å²) in [5, 5.41) is 3.31. The normalized spacial score (nSPS) is 25.1. The Morgan fingerprint density at radius 3 is 2.70 bits per heavy atom. The van der Waals surface area contributed by atoms with Gasteiger partial charge in [0.05, 0.1) is 4.90 Å². The van der Waals surface area contributed by atoms with Gasteiger partial charge in [0.2, 0.25) is 10.0 Å². The molecule has 0 aromatic heterocycles. The summed E-state index contributed by atoms with van der Waals surface area (Å²) < 4.78 is 27.9. The average Bonchev–Trinajstić information content (AvgIpc) is 2.80. The maximum absolute atomic E-state index is 13.1. The van der Waals surface area contributed by atoms with Crippen LogP contribution in [-0.4, -0.2) is 62.8 Å². The summed E-state index contributed by atoms with van der Waals surface area (Å²) >= 11 is 0. The predicted molar refractivity (Wildman–Crippen MR) is 87.8 cm³/mol. The molecule has 2 heterocycles. The summed E-state index contributed by atoms with van der Waals surface area (Å²) in [6.45, 7) is 1.55. The summed E-state index contributed by atoms with van der Waals surface area (Å²) in [4.78, 5) is 13.8. The molecular formula is C16H23N3O3S. The van der Waals surface area contributed by atoms with Crippen molar-refractivity contribution >= 4 is 15.9 Å². The lowest BCUT2D eigenvalue weighted by Gasteiger charge is -2.27. The van der Waals surface area contributed by atoms with Crippen molar-refractivity contribution in [3.63, 3.8) is 0 Å². The van der Waals surface area contributed by atoms with Crippen LogP contribution < -0.4 is 5.32 Å². The molecular weight excluding hydrogens is 314 g/mol. The Bertz CT molecular complexity index is 688. The first kappa shape index (κ1) is 16.4. The second kappa shape index (κ2) is 6.22. The molecule has 3 rings (SSSR count). The molecule has 1 amide bonds. The minimum Gasteiger partial charge on any atom is -0.345 e. The first-order valence-electron chi connectivity index (χ1n) is 7.97. The van der Waals surface area contributed by atoms with Gasteiger partial charge in [0.25, 0.3) is 5.91 Å². The molecule has 0 radical (unpaired) electrons. The molecule has 0 saturated carbocycles. The summed E-state index contributed by atoms with van der Waals surface area (Å²) in [6, 6.07) is 6.45. The Hall–Kier alpha value is -1.44. The van der Waals surface area contributed by atoms with Gasteiger partial charge in [0.1, 0.15) is 0 Å². The summed E-state index contributed by atoms with van der Waals surface area (Å²) in [5.41, 5.74) is 0.399. The third kappa shape index (κ3) is 3.00. The Labute approximate surface area is 137 Å². The summed E-state index contributed by atoms with van der Waals surface area (Å²) in [5.74, 6) is -0.192. The highest BCUT2D eigenvalue weighted by molar-refractivity contribution is 7.89. The van der Waals surface area contributed by atoms with E-state index in [0.29, 0.717) is 12.1 Å². The van der Waals surface area contributed by atoms with Crippen LogP contribution in [0.4, 0.5) is 0 Å². The van der Waals surface area contributed by atoms with Crippen molar-refractivity contribution in [3.8, 4) is 0 Å². The quantitative estimate of drug-likeness (QED) is 0.890. The van der Waals surface area contributed by atoms with Crippen LogP contribution in [0, 0.1) is 0 Å². The minimum atomic E-state index is -3.58. The number of carbonyl (C=O) groups excluding carboxylic acids is 1. The summed E-state index contributed by atoms with van der Waals surface area (Å²) in [7, 11) is -0.266. The lowest BCUT2D eigenvalue weighted by molar-refractivity contribution is 0.0827. The fourth-order valence-electron chi connectivity index (χ4n) is 3.50. The zero-order valence-electron chi connectivity index (χ0n) is 13.5. The molecule has 2 aliphatic rings. The third-order valence-electron chi connectivity index (χ3n) is 4.65. The van der Waals surface area contributed by atoms with Crippen LogP contribution >= 0.6 is 0 Å². The van der Waals surface area contributed by atoms with Crippen LogP contribution in [0.1, 0.15) is 29.6 Å². The number of rotatable bonds is 3. The minimum absolute atomic E-state index is 0.0145. The van der Waals surface area contributed by atoms with E-state index in [2.05, 4.69) is 5.32 Å². The molecule has 0 spiro atoms. The van der Waals surface area contributed by atoms with Crippen molar-refractivity contribution in [1.29, 1.82) is 0 Å². The van der Waals surface area contributed by atoms with Gasteiger partial charge in [-0.3, -0.25) is 4.79 Å². The van der Waals surface area contributed by atoms with Crippen LogP contribution in [0.15, 0.2) is 29.2 Å². The fourth-order valence-corrected chi connectivity index (χ4v) is 5.45. The Kier molecular flexibility index (Phi) is 4.44. The molecule has 7 heteroatoms. The van der Waals surface area contributed by atoms with Crippen LogP contribution in [0.2, 0.25) is 0 Å². The number of nitrogens with one attached hydrogen (secondary N) is 1. The maximum atomic E-state index is 13.1. The van der Waals surface area contributed by atoms with E-state index < -0.39 is 10.0 Å². The monoisotopic (exact) mass is 337 g/mol. The van der Waals surface area contributed by atoms with Crippen molar-refractivity contribution in [2.45, 2.75) is 36.2 Å². The van der Waals surface area contributed by atoms with Gasteiger partial charge >= 0.3 is 0 Å². The van der Waals surface area contributed by atoms with Crippen molar-refractivity contribution in [1.82, 2.24) is 14.5 Å². The van der Waals surface area contributed by atoms with Gasteiger partial charge in [0.15, 0.2) is 0 Å². The van der Waals surface area contributed by atoms with Crippen molar-refractivity contribution in [2.75, 3.05) is 27.2 Å². The second-order valence-corrected chi connectivity index (χ2v) is 8.28. The molecule has 126 valence electrons. The van der Waals surface area contributed by atoms with Gasteiger partial charge in [-0.05, 0) is 44.0 Å². The molecule has 2 bridgehead atoms. The van der Waals surface area contributed by atoms with Gasteiger partial charge in [-0.25, -0.2) is 8.42 Å². The van der Waals surface area contributed by atoms with E-state index in [1.165, 1.54) is 11.0 Å². The molecule has 23 heavy (non-hydrogen) atoms. The number of nitrogens with zero attached hydrogens (tertiary/aromatic N) is 2. The Balaban J connectivity index is 1.97. The first-order chi connectivity index (χ1) is 10.9. The Morgan fingerprint density at radius 1 is 1.22 bits per heavy atom. The zero-order valence-corrected chi connectivity index (χ0v) is 14.3. The van der Waals surface area contributed by atoms with Gasteiger partial charge in [0, 0.05) is 38.3 Å². The fraction of sp³-hybridized carbons (Fsp3) is 0.562. The molecule has 1 aromatic rings. The Morgan fingerprint density at radius 2 is 1.96 bits per heavy atom. The van der Waals surface area contributed by atoms with Crippen LogP contribution in [0.5, 0.6) is 0 Å². The van der Waals surface area contributed by atoms with Gasteiger partial charge in [-0.2, -0.15) is 4.31 Å². The molecule has 2 atom stereocenters. The topological polar surface area (TPSA) is 69.7 Å². The summed E-state index contributed by atoms with van der Waals surface area (Å²) in [6.07, 6.45) is 2.65. The van der Waals surface area contributed by atoms with Crippen molar-refractivity contribution < 1.29 is 13.2 Å². The molecule has 0 aliphatic carbocycles. The number of fused-ring (bicyclic) bond motifs is 2. The van der Waals surface area contributed by atoms with E-state index in [-0.39, 0.29) is 22.9 Å². The smallest absolute Gasteiger partial charge is 0.253 e. The molecule has 6 nitrogen and oxygen atoms in total. The van der Waals surface area contributed by atoms with E-state index in [0.717, 1.165) is 25.8 Å². The second-order valence-electron chi connectivity index (χ2n) is 6.44. The largest absolute Gasteiger partial charge is 0.345 e. The molecule has 1 N–H and O–H groups in total. The van der Waals surface area contributed by atoms with E-state index in [9.17, 15) is 13.2 Å². The van der Waals surface area contributed by atoms with Crippen molar-refractivity contribution in [2.24, 2.45) is 0 Å². The molecule has 2 saturated heterocycles. The molecule has 2 unspecified atom stereocenters. The standard InChI is InChI=1S/C16H23N3O3S/c1-18(2)16(20)12-4-3-5-15(10-12)23(21,22)19-13-6-7-14(19)11-17-9-8-13/h3-5,10,13-14,17H,6-9,11H2,1-2H3. The third-order valence-corrected chi connectivity index (χ3v) is 6.65. The first-order valence-corrected chi connectivity index (χ1v) is 9.41. The van der Waals surface area contributed by atoms with E-state index >= 15 is 0 Å². The predicted octanol–water partition coefficient (Wildman–Crippen LogP) is 0.903. The molecule has 2 aliphatic heterocycles. The van der Waals surface area contributed by atoms with Gasteiger partial charge in [-0.15, -0.1) is 0 Å². The highest BCUT2D eigenvalue weighted by Crippen LogP contribution is 2.33. The van der Waals surface area contributed by atoms with Crippen LogP contribution in [0.3, 0.4) is 0 Å². The number of benzene rings is 1. The molecule has 2 fully saturated rings.